The quantitative estimate of drug-likeness (QED) is 0.441. The molecule has 3 heterocycles. The van der Waals surface area contributed by atoms with E-state index < -0.39 is 5.69 Å². The van der Waals surface area contributed by atoms with Gasteiger partial charge in [-0.2, -0.15) is 0 Å². The maximum Gasteiger partial charge on any atom is 0.333 e. The van der Waals surface area contributed by atoms with Crippen LogP contribution in [0.3, 0.4) is 0 Å². The van der Waals surface area contributed by atoms with Crippen LogP contribution in [0.4, 0.5) is 0 Å². The molecule has 0 aliphatic carbocycles. The lowest BCUT2D eigenvalue weighted by atomic mass is 10.1. The lowest BCUT2D eigenvalue weighted by Crippen LogP contribution is -2.33. The van der Waals surface area contributed by atoms with E-state index in [4.69, 9.17) is 11.6 Å². The highest BCUT2D eigenvalue weighted by molar-refractivity contribution is 7.22. The van der Waals surface area contributed by atoms with Gasteiger partial charge in [-0.3, -0.25) is 9.78 Å². The molecule has 3 aromatic heterocycles. The van der Waals surface area contributed by atoms with E-state index in [-0.39, 0.29) is 5.56 Å². The van der Waals surface area contributed by atoms with Gasteiger partial charge in [0.1, 0.15) is 4.70 Å². The molecule has 0 aliphatic heterocycles. The van der Waals surface area contributed by atoms with Crippen LogP contribution in [0, 0.1) is 6.92 Å². The molecule has 29 heavy (non-hydrogen) atoms. The molecular formula is C22H14ClN3O2S. The topological polar surface area (TPSA) is 67.8 Å². The van der Waals surface area contributed by atoms with Gasteiger partial charge in [-0.15, -0.1) is 11.3 Å². The average molecular weight is 420 g/mol. The number of aromatic amines is 1. The number of nitrogens with one attached hydrogen (secondary N) is 1. The van der Waals surface area contributed by atoms with Crippen molar-refractivity contribution in [2.24, 2.45) is 0 Å². The molecule has 1 N–H and O–H groups in total. The van der Waals surface area contributed by atoms with Gasteiger partial charge in [0.25, 0.3) is 5.56 Å². The molecule has 142 valence electrons. The average Bonchev–Trinajstić information content (AvgIpc) is 3.14. The van der Waals surface area contributed by atoms with Crippen molar-refractivity contribution in [1.29, 1.82) is 0 Å². The molecule has 7 heteroatoms. The molecule has 0 saturated heterocycles. The summed E-state index contributed by atoms with van der Waals surface area (Å²) >= 11 is 7.68. The molecule has 5 nitrogen and oxygen atoms in total. The summed E-state index contributed by atoms with van der Waals surface area (Å²) in [5, 5.41) is 2.24. The Morgan fingerprint density at radius 3 is 2.76 bits per heavy atom. The van der Waals surface area contributed by atoms with E-state index in [1.165, 1.54) is 17.5 Å². The number of pyridine rings is 1. The van der Waals surface area contributed by atoms with Crippen LogP contribution >= 0.6 is 22.9 Å². The summed E-state index contributed by atoms with van der Waals surface area (Å²) in [6.45, 7) is 1.98. The zero-order valence-corrected chi connectivity index (χ0v) is 16.8. The van der Waals surface area contributed by atoms with Crippen molar-refractivity contribution in [3.05, 3.63) is 92.3 Å². The minimum absolute atomic E-state index is 0.373. The lowest BCUT2D eigenvalue weighted by molar-refractivity contribution is 0.905. The van der Waals surface area contributed by atoms with Crippen molar-refractivity contribution < 1.29 is 0 Å². The van der Waals surface area contributed by atoms with Crippen molar-refractivity contribution in [2.75, 3.05) is 0 Å². The van der Waals surface area contributed by atoms with E-state index in [2.05, 4.69) is 9.97 Å². The van der Waals surface area contributed by atoms with Gasteiger partial charge in [0.2, 0.25) is 0 Å². The van der Waals surface area contributed by atoms with Crippen LogP contribution in [0.15, 0.2) is 70.5 Å². The zero-order chi connectivity index (χ0) is 20.1. The number of aryl methyl sites for hydroxylation is 1. The Kier molecular flexibility index (Phi) is 4.12. The number of fused-ring (bicyclic) bond motifs is 2. The first-order valence-corrected chi connectivity index (χ1v) is 10.1. The number of hydrogen-bond acceptors (Lipinski definition) is 4. The summed E-state index contributed by atoms with van der Waals surface area (Å²) < 4.78 is 1.61. The summed E-state index contributed by atoms with van der Waals surface area (Å²) in [6, 6.07) is 15.1. The van der Waals surface area contributed by atoms with Crippen molar-refractivity contribution in [3.63, 3.8) is 0 Å². The minimum atomic E-state index is -0.500. The Balaban J connectivity index is 1.80. The molecule has 0 spiro atoms. The van der Waals surface area contributed by atoms with Crippen LogP contribution in [-0.2, 0) is 0 Å². The van der Waals surface area contributed by atoms with E-state index in [1.54, 1.807) is 12.3 Å². The first kappa shape index (κ1) is 17.8. The molecule has 0 atom stereocenters. The Labute approximate surface area is 173 Å². The van der Waals surface area contributed by atoms with Gasteiger partial charge in [-0.25, -0.2) is 9.36 Å². The molecule has 0 bridgehead atoms. The first-order valence-electron chi connectivity index (χ1n) is 8.91. The van der Waals surface area contributed by atoms with Gasteiger partial charge in [0, 0.05) is 32.4 Å². The maximum atomic E-state index is 13.3. The van der Waals surface area contributed by atoms with Gasteiger partial charge in [0.15, 0.2) is 0 Å². The number of halogens is 1. The summed E-state index contributed by atoms with van der Waals surface area (Å²) in [5.41, 5.74) is 1.99. The number of thiophene rings is 1. The predicted octanol–water partition coefficient (Wildman–Crippen LogP) is 4.92. The number of H-pyrrole nitrogens is 1. The lowest BCUT2D eigenvalue weighted by Gasteiger charge is -2.07. The second-order valence-corrected chi connectivity index (χ2v) is 8.25. The highest BCUT2D eigenvalue weighted by Gasteiger charge is 2.16. The third-order valence-electron chi connectivity index (χ3n) is 4.85. The Hall–Kier alpha value is -3.22. The molecule has 5 aromatic rings. The fraction of sp³-hybridized carbons (Fsp3) is 0.0455. The van der Waals surface area contributed by atoms with E-state index in [1.807, 2.05) is 49.4 Å². The normalized spacial score (nSPS) is 11.4. The Bertz CT molecular complexity index is 1530. The van der Waals surface area contributed by atoms with Gasteiger partial charge >= 0.3 is 5.69 Å². The van der Waals surface area contributed by atoms with Crippen molar-refractivity contribution in [3.8, 4) is 16.1 Å². The van der Waals surface area contributed by atoms with E-state index in [0.29, 0.717) is 20.9 Å². The molecule has 0 aliphatic rings. The standard InChI is InChI=1S/C22H14ClN3O2S/c1-12-6-7-16(23)15(8-12)19-9-17-20(29-19)21(27)26(22(28)25-17)18-11-24-10-13-4-2-3-5-14(13)18/h2-11H,1H3,(H,25,28). The largest absolute Gasteiger partial charge is 0.333 e. The summed E-state index contributed by atoms with van der Waals surface area (Å²) in [7, 11) is 0. The molecule has 2 aromatic carbocycles. The van der Waals surface area contributed by atoms with E-state index in [0.717, 1.165) is 31.3 Å². The molecule has 0 radical (unpaired) electrons. The van der Waals surface area contributed by atoms with Crippen molar-refractivity contribution in [2.45, 2.75) is 6.92 Å². The third kappa shape index (κ3) is 2.88. The van der Waals surface area contributed by atoms with E-state index >= 15 is 0 Å². The Morgan fingerprint density at radius 2 is 1.90 bits per heavy atom. The van der Waals surface area contributed by atoms with Gasteiger partial charge in [-0.05, 0) is 25.1 Å². The Morgan fingerprint density at radius 1 is 1.07 bits per heavy atom. The summed E-state index contributed by atoms with van der Waals surface area (Å²) in [4.78, 5) is 34.0. The fourth-order valence-corrected chi connectivity index (χ4v) is 4.82. The zero-order valence-electron chi connectivity index (χ0n) is 15.3. The minimum Gasteiger partial charge on any atom is -0.306 e. The molecule has 5 rings (SSSR count). The van der Waals surface area contributed by atoms with Crippen LogP contribution < -0.4 is 11.2 Å². The summed E-state index contributed by atoms with van der Waals surface area (Å²) in [6.07, 6.45) is 3.25. The van der Waals surface area contributed by atoms with Crippen LogP contribution in [0.5, 0.6) is 0 Å². The van der Waals surface area contributed by atoms with Crippen LogP contribution in [0.2, 0.25) is 5.02 Å². The second kappa shape index (κ2) is 6.69. The number of nitrogens with zero attached hydrogens (tertiary/aromatic N) is 2. The maximum absolute atomic E-state index is 13.3. The van der Waals surface area contributed by atoms with Gasteiger partial charge < -0.3 is 4.98 Å². The summed E-state index contributed by atoms with van der Waals surface area (Å²) in [5.74, 6) is 0. The van der Waals surface area contributed by atoms with Gasteiger partial charge in [0.05, 0.1) is 17.4 Å². The highest BCUT2D eigenvalue weighted by atomic mass is 35.5. The monoisotopic (exact) mass is 419 g/mol. The SMILES string of the molecule is Cc1ccc(Cl)c(-c2cc3[nH]c(=O)n(-c4cncc5ccccc45)c(=O)c3s2)c1. The molecule has 0 unspecified atom stereocenters. The molecule has 0 amide bonds. The van der Waals surface area contributed by atoms with Crippen LogP contribution in [0.1, 0.15) is 5.56 Å². The predicted molar refractivity (Wildman–Crippen MR) is 119 cm³/mol. The van der Waals surface area contributed by atoms with Gasteiger partial charge in [-0.1, -0.05) is 47.5 Å². The molecule has 0 saturated carbocycles. The smallest absolute Gasteiger partial charge is 0.306 e. The molecular weight excluding hydrogens is 406 g/mol. The number of aromatic nitrogens is 3. The highest BCUT2D eigenvalue weighted by Crippen LogP contribution is 2.35. The second-order valence-electron chi connectivity index (χ2n) is 6.79. The fourth-order valence-electron chi connectivity index (χ4n) is 3.47. The van der Waals surface area contributed by atoms with Crippen molar-refractivity contribution in [1.82, 2.24) is 14.5 Å². The first-order chi connectivity index (χ1) is 14.0. The van der Waals surface area contributed by atoms with Crippen LogP contribution in [-0.4, -0.2) is 14.5 Å². The van der Waals surface area contributed by atoms with Crippen LogP contribution in [0.25, 0.3) is 37.1 Å². The molecule has 0 fully saturated rings. The number of rotatable bonds is 2. The van der Waals surface area contributed by atoms with Crippen molar-refractivity contribution >= 4 is 43.9 Å². The number of benzene rings is 2. The van der Waals surface area contributed by atoms with E-state index in [9.17, 15) is 9.59 Å². The third-order valence-corrected chi connectivity index (χ3v) is 6.34. The number of hydrogen-bond donors (Lipinski definition) is 1.